The molecule has 0 aliphatic carbocycles. The summed E-state index contributed by atoms with van der Waals surface area (Å²) in [6.07, 6.45) is 0. The minimum atomic E-state index is -0.250. The van der Waals surface area contributed by atoms with Crippen molar-refractivity contribution in [2.75, 3.05) is 26.3 Å². The van der Waals surface area contributed by atoms with Gasteiger partial charge in [0.1, 0.15) is 5.82 Å². The quantitative estimate of drug-likeness (QED) is 0.527. The van der Waals surface area contributed by atoms with Crippen LogP contribution in [0.2, 0.25) is 0 Å². The molecule has 1 saturated heterocycles. The van der Waals surface area contributed by atoms with Crippen LogP contribution in [0.5, 0.6) is 0 Å². The minimum absolute atomic E-state index is 0.105. The van der Waals surface area contributed by atoms with Gasteiger partial charge >= 0.3 is 0 Å². The van der Waals surface area contributed by atoms with Crippen molar-refractivity contribution in [3.05, 3.63) is 30.1 Å². The zero-order valence-corrected chi connectivity index (χ0v) is 15.0. The number of fused-ring (bicyclic) bond motifs is 3. The van der Waals surface area contributed by atoms with Gasteiger partial charge in [-0.05, 0) is 26.0 Å². The van der Waals surface area contributed by atoms with Crippen LogP contribution >= 0.6 is 11.8 Å². The fourth-order valence-electron chi connectivity index (χ4n) is 2.96. The number of rotatable bonds is 3. The van der Waals surface area contributed by atoms with Crippen LogP contribution in [0.1, 0.15) is 12.7 Å². The van der Waals surface area contributed by atoms with Crippen LogP contribution in [0.3, 0.4) is 0 Å². The third-order valence-corrected chi connectivity index (χ3v) is 5.24. The summed E-state index contributed by atoms with van der Waals surface area (Å²) in [4.78, 5) is 23.8. The largest absolute Gasteiger partial charge is 0.378 e. The third-order valence-electron chi connectivity index (χ3n) is 4.21. The standard InChI is InChI=1S/C17H19N5O2S/c1-11(16(23)21-7-9-24-10-8-21)25-17-19-14-6-4-3-5-13(14)15-18-12(2)20-22(15)17/h3-6,11H,7-10H2,1-2H3. The molecular weight excluding hydrogens is 338 g/mol. The highest BCUT2D eigenvalue weighted by Crippen LogP contribution is 2.27. The lowest BCUT2D eigenvalue weighted by molar-refractivity contribution is -0.134. The van der Waals surface area contributed by atoms with Crippen molar-refractivity contribution in [2.24, 2.45) is 0 Å². The summed E-state index contributed by atoms with van der Waals surface area (Å²) in [5, 5.41) is 5.86. The molecule has 3 heterocycles. The minimum Gasteiger partial charge on any atom is -0.378 e. The van der Waals surface area contributed by atoms with E-state index in [4.69, 9.17) is 9.72 Å². The molecule has 1 amide bonds. The van der Waals surface area contributed by atoms with Gasteiger partial charge in [0.25, 0.3) is 0 Å². The maximum atomic E-state index is 12.7. The first kappa shape index (κ1) is 16.3. The lowest BCUT2D eigenvalue weighted by Crippen LogP contribution is -2.44. The monoisotopic (exact) mass is 357 g/mol. The van der Waals surface area contributed by atoms with Crippen molar-refractivity contribution >= 4 is 34.2 Å². The van der Waals surface area contributed by atoms with Crippen LogP contribution < -0.4 is 0 Å². The second-order valence-corrected chi connectivity index (χ2v) is 7.31. The van der Waals surface area contributed by atoms with Crippen molar-refractivity contribution in [1.82, 2.24) is 24.5 Å². The Labute approximate surface area is 149 Å². The maximum Gasteiger partial charge on any atom is 0.236 e. The zero-order chi connectivity index (χ0) is 17.4. The molecule has 1 aromatic carbocycles. The Kier molecular flexibility index (Phi) is 4.30. The number of aryl methyl sites for hydroxylation is 1. The van der Waals surface area contributed by atoms with Crippen LogP contribution in [0, 0.1) is 6.92 Å². The number of aromatic nitrogens is 4. The van der Waals surface area contributed by atoms with Crippen LogP contribution in [-0.2, 0) is 9.53 Å². The molecule has 4 rings (SSSR count). The molecule has 7 nitrogen and oxygen atoms in total. The Morgan fingerprint density at radius 3 is 2.80 bits per heavy atom. The number of morpholine rings is 1. The van der Waals surface area contributed by atoms with Gasteiger partial charge in [0.2, 0.25) is 5.91 Å². The van der Waals surface area contributed by atoms with Crippen molar-refractivity contribution in [2.45, 2.75) is 24.3 Å². The Balaban J connectivity index is 1.69. The second kappa shape index (κ2) is 6.61. The van der Waals surface area contributed by atoms with Crippen LogP contribution in [0.4, 0.5) is 0 Å². The van der Waals surface area contributed by atoms with E-state index in [2.05, 4.69) is 10.1 Å². The van der Waals surface area contributed by atoms with Crippen molar-refractivity contribution in [3.8, 4) is 0 Å². The fraction of sp³-hybridized carbons (Fsp3) is 0.412. The van der Waals surface area contributed by atoms with Gasteiger partial charge in [0.15, 0.2) is 10.8 Å². The normalized spacial score (nSPS) is 16.5. The number of nitrogens with zero attached hydrogens (tertiary/aromatic N) is 5. The fourth-order valence-corrected chi connectivity index (χ4v) is 3.90. The number of amides is 1. The highest BCUT2D eigenvalue weighted by molar-refractivity contribution is 8.00. The summed E-state index contributed by atoms with van der Waals surface area (Å²) in [7, 11) is 0. The lowest BCUT2D eigenvalue weighted by Gasteiger charge is -2.28. The number of benzene rings is 1. The van der Waals surface area contributed by atoms with Gasteiger partial charge in [0, 0.05) is 18.5 Å². The predicted octanol–water partition coefficient (Wildman–Crippen LogP) is 1.93. The Morgan fingerprint density at radius 2 is 2.00 bits per heavy atom. The molecule has 0 radical (unpaired) electrons. The molecule has 2 aromatic heterocycles. The van der Waals surface area contributed by atoms with Crippen molar-refractivity contribution in [3.63, 3.8) is 0 Å². The van der Waals surface area contributed by atoms with E-state index in [9.17, 15) is 4.79 Å². The lowest BCUT2D eigenvalue weighted by atomic mass is 10.2. The molecule has 1 atom stereocenters. The van der Waals surface area contributed by atoms with E-state index in [1.807, 2.05) is 43.0 Å². The van der Waals surface area contributed by atoms with Gasteiger partial charge in [-0.1, -0.05) is 23.9 Å². The first-order chi connectivity index (χ1) is 12.1. The van der Waals surface area contributed by atoms with E-state index < -0.39 is 0 Å². The van der Waals surface area contributed by atoms with Gasteiger partial charge < -0.3 is 9.64 Å². The molecular formula is C17H19N5O2S. The van der Waals surface area contributed by atoms with Gasteiger partial charge in [0.05, 0.1) is 24.0 Å². The van der Waals surface area contributed by atoms with Crippen molar-refractivity contribution in [1.29, 1.82) is 0 Å². The first-order valence-corrected chi connectivity index (χ1v) is 9.17. The summed E-state index contributed by atoms with van der Waals surface area (Å²) in [5.74, 6) is 0.792. The number of carbonyl (C=O) groups excluding carboxylic acids is 1. The van der Waals surface area contributed by atoms with E-state index in [0.29, 0.717) is 37.3 Å². The third kappa shape index (κ3) is 3.07. The number of hydrogen-bond acceptors (Lipinski definition) is 6. The highest BCUT2D eigenvalue weighted by Gasteiger charge is 2.25. The average molecular weight is 357 g/mol. The van der Waals surface area contributed by atoms with Crippen molar-refractivity contribution < 1.29 is 9.53 Å². The molecule has 0 saturated carbocycles. The molecule has 1 aliphatic rings. The highest BCUT2D eigenvalue weighted by atomic mass is 32.2. The second-order valence-electron chi connectivity index (χ2n) is 6.00. The summed E-state index contributed by atoms with van der Waals surface area (Å²) < 4.78 is 7.06. The van der Waals surface area contributed by atoms with Crippen LogP contribution in [-0.4, -0.2) is 61.9 Å². The summed E-state index contributed by atoms with van der Waals surface area (Å²) in [6.45, 7) is 6.26. The number of hydrogen-bond donors (Lipinski definition) is 0. The summed E-state index contributed by atoms with van der Waals surface area (Å²) in [6, 6.07) is 7.86. The zero-order valence-electron chi connectivity index (χ0n) is 14.2. The molecule has 1 fully saturated rings. The number of thioether (sulfide) groups is 1. The van der Waals surface area contributed by atoms with E-state index >= 15 is 0 Å². The smallest absolute Gasteiger partial charge is 0.236 e. The molecule has 8 heteroatoms. The molecule has 25 heavy (non-hydrogen) atoms. The Bertz CT molecular complexity index is 935. The van der Waals surface area contributed by atoms with E-state index in [0.717, 1.165) is 16.6 Å². The van der Waals surface area contributed by atoms with E-state index in [-0.39, 0.29) is 11.2 Å². The Hall–Kier alpha value is -2.19. The Morgan fingerprint density at radius 1 is 1.24 bits per heavy atom. The number of para-hydroxylation sites is 1. The summed E-state index contributed by atoms with van der Waals surface area (Å²) >= 11 is 1.42. The molecule has 1 unspecified atom stereocenters. The van der Waals surface area contributed by atoms with Crippen LogP contribution in [0.25, 0.3) is 16.6 Å². The molecule has 3 aromatic rings. The summed E-state index contributed by atoms with van der Waals surface area (Å²) in [5.41, 5.74) is 1.63. The predicted molar refractivity (Wildman–Crippen MR) is 95.7 cm³/mol. The van der Waals surface area contributed by atoms with Gasteiger partial charge in [-0.25, -0.2) is 9.97 Å². The first-order valence-electron chi connectivity index (χ1n) is 8.29. The van der Waals surface area contributed by atoms with Gasteiger partial charge in [-0.2, -0.15) is 4.52 Å². The molecule has 0 N–H and O–H groups in total. The number of carbonyl (C=O) groups is 1. The topological polar surface area (TPSA) is 72.6 Å². The molecule has 0 bridgehead atoms. The van der Waals surface area contributed by atoms with Crippen LogP contribution in [0.15, 0.2) is 29.4 Å². The average Bonchev–Trinajstić information content (AvgIpc) is 3.04. The van der Waals surface area contributed by atoms with E-state index in [1.54, 1.807) is 4.52 Å². The maximum absolute atomic E-state index is 12.7. The van der Waals surface area contributed by atoms with E-state index in [1.165, 1.54) is 11.8 Å². The SMILES string of the molecule is Cc1nc2c3ccccc3nc(SC(C)C(=O)N3CCOCC3)n2n1. The molecule has 130 valence electrons. The molecule has 0 spiro atoms. The van der Waals surface area contributed by atoms with Gasteiger partial charge in [-0.15, -0.1) is 5.10 Å². The molecule has 1 aliphatic heterocycles. The number of ether oxygens (including phenoxy) is 1. The van der Waals surface area contributed by atoms with Gasteiger partial charge in [-0.3, -0.25) is 4.79 Å².